The Morgan fingerprint density at radius 2 is 2.31 bits per heavy atom. The summed E-state index contributed by atoms with van der Waals surface area (Å²) in [5.41, 5.74) is -0.806. The summed E-state index contributed by atoms with van der Waals surface area (Å²) in [7, 11) is 0. The molecule has 1 rings (SSSR count). The summed E-state index contributed by atoms with van der Waals surface area (Å²) in [6.07, 6.45) is 9.93. The molecule has 0 aromatic rings. The molecule has 2 atom stereocenters. The van der Waals surface area contributed by atoms with E-state index in [9.17, 15) is 5.11 Å². The van der Waals surface area contributed by atoms with Gasteiger partial charge >= 0.3 is 0 Å². The molecule has 1 fully saturated rings. The SMILES string of the molecule is C#CC[C@@H]1CCCC[C@]1(O)C#CC. The Bertz CT molecular complexity index is 263. The summed E-state index contributed by atoms with van der Waals surface area (Å²) in [5, 5.41) is 10.2. The molecular formula is C12H16O. The molecule has 0 bridgehead atoms. The molecular weight excluding hydrogens is 160 g/mol. The number of hydrogen-bond donors (Lipinski definition) is 1. The second-order valence-corrected chi connectivity index (χ2v) is 3.65. The van der Waals surface area contributed by atoms with Crippen molar-refractivity contribution in [2.45, 2.75) is 44.6 Å². The molecule has 13 heavy (non-hydrogen) atoms. The Balaban J connectivity index is 2.76. The highest BCUT2D eigenvalue weighted by Crippen LogP contribution is 2.35. The van der Waals surface area contributed by atoms with Gasteiger partial charge in [0.15, 0.2) is 0 Å². The van der Waals surface area contributed by atoms with Crippen molar-refractivity contribution in [3.63, 3.8) is 0 Å². The van der Waals surface area contributed by atoms with Gasteiger partial charge in [-0.05, 0) is 26.2 Å². The quantitative estimate of drug-likeness (QED) is 0.605. The number of aliphatic hydroxyl groups is 1. The van der Waals surface area contributed by atoms with Crippen molar-refractivity contribution >= 4 is 0 Å². The van der Waals surface area contributed by atoms with Crippen LogP contribution in [0.2, 0.25) is 0 Å². The van der Waals surface area contributed by atoms with E-state index in [1.165, 1.54) is 6.42 Å². The highest BCUT2D eigenvalue weighted by molar-refractivity contribution is 5.17. The molecule has 0 aromatic heterocycles. The summed E-state index contributed by atoms with van der Waals surface area (Å²) in [6, 6.07) is 0. The van der Waals surface area contributed by atoms with Crippen LogP contribution in [0.4, 0.5) is 0 Å². The van der Waals surface area contributed by atoms with Crippen molar-refractivity contribution < 1.29 is 5.11 Å². The average molecular weight is 176 g/mol. The minimum absolute atomic E-state index is 0.179. The van der Waals surface area contributed by atoms with E-state index in [2.05, 4.69) is 17.8 Å². The van der Waals surface area contributed by atoms with Gasteiger partial charge in [-0.25, -0.2) is 0 Å². The Labute approximate surface area is 80.5 Å². The van der Waals surface area contributed by atoms with Crippen LogP contribution in [0, 0.1) is 30.1 Å². The van der Waals surface area contributed by atoms with E-state index in [1.807, 2.05) is 0 Å². The lowest BCUT2D eigenvalue weighted by Crippen LogP contribution is -2.39. The Kier molecular flexibility index (Phi) is 3.40. The number of terminal acetylenes is 1. The zero-order valence-electron chi connectivity index (χ0n) is 8.14. The lowest BCUT2D eigenvalue weighted by molar-refractivity contribution is 0.00652. The fourth-order valence-corrected chi connectivity index (χ4v) is 2.02. The van der Waals surface area contributed by atoms with E-state index >= 15 is 0 Å². The zero-order chi connectivity index (χ0) is 9.73. The van der Waals surface area contributed by atoms with Crippen LogP contribution >= 0.6 is 0 Å². The normalized spacial score (nSPS) is 32.8. The first-order valence-corrected chi connectivity index (χ1v) is 4.82. The van der Waals surface area contributed by atoms with E-state index in [0.29, 0.717) is 6.42 Å². The van der Waals surface area contributed by atoms with Crippen molar-refractivity contribution in [1.29, 1.82) is 0 Å². The monoisotopic (exact) mass is 176 g/mol. The maximum atomic E-state index is 10.2. The van der Waals surface area contributed by atoms with Gasteiger partial charge in [0, 0.05) is 12.3 Å². The molecule has 1 aliphatic carbocycles. The fraction of sp³-hybridized carbons (Fsp3) is 0.667. The van der Waals surface area contributed by atoms with Gasteiger partial charge < -0.3 is 5.11 Å². The van der Waals surface area contributed by atoms with Gasteiger partial charge in [-0.1, -0.05) is 12.3 Å². The van der Waals surface area contributed by atoms with Crippen LogP contribution in [0.3, 0.4) is 0 Å². The van der Waals surface area contributed by atoms with Gasteiger partial charge in [0.25, 0.3) is 0 Å². The smallest absolute Gasteiger partial charge is 0.129 e. The zero-order valence-corrected chi connectivity index (χ0v) is 8.14. The minimum Gasteiger partial charge on any atom is -0.377 e. The van der Waals surface area contributed by atoms with E-state index in [-0.39, 0.29) is 5.92 Å². The largest absolute Gasteiger partial charge is 0.377 e. The predicted octanol–water partition coefficient (Wildman–Crippen LogP) is 1.95. The van der Waals surface area contributed by atoms with Crippen LogP contribution in [0.1, 0.15) is 39.0 Å². The van der Waals surface area contributed by atoms with Gasteiger partial charge in [0.1, 0.15) is 5.60 Å². The van der Waals surface area contributed by atoms with Gasteiger partial charge in [0.05, 0.1) is 0 Å². The molecule has 1 nitrogen and oxygen atoms in total. The average Bonchev–Trinajstić information content (AvgIpc) is 2.10. The summed E-state index contributed by atoms with van der Waals surface area (Å²) >= 11 is 0. The van der Waals surface area contributed by atoms with Crippen molar-refractivity contribution in [3.8, 4) is 24.2 Å². The van der Waals surface area contributed by atoms with Gasteiger partial charge in [0.2, 0.25) is 0 Å². The van der Waals surface area contributed by atoms with Crippen LogP contribution in [0.5, 0.6) is 0 Å². The van der Waals surface area contributed by atoms with Crippen molar-refractivity contribution in [2.75, 3.05) is 0 Å². The van der Waals surface area contributed by atoms with Crippen molar-refractivity contribution in [1.82, 2.24) is 0 Å². The van der Waals surface area contributed by atoms with Crippen LogP contribution in [0.15, 0.2) is 0 Å². The molecule has 1 aliphatic rings. The first-order valence-electron chi connectivity index (χ1n) is 4.82. The third kappa shape index (κ3) is 2.27. The molecule has 0 unspecified atom stereocenters. The lowest BCUT2D eigenvalue weighted by atomic mass is 9.74. The third-order valence-electron chi connectivity index (χ3n) is 2.74. The standard InChI is InChI=1S/C12H16O/c1-3-7-11-8-5-6-10-12(11,13)9-4-2/h1,11,13H,5-8,10H2,2H3/t11-,12-/m1/s1. The van der Waals surface area contributed by atoms with Gasteiger partial charge in [-0.3, -0.25) is 0 Å². The molecule has 0 radical (unpaired) electrons. The Morgan fingerprint density at radius 3 is 2.92 bits per heavy atom. The number of hydrogen-bond acceptors (Lipinski definition) is 1. The molecule has 0 aromatic carbocycles. The lowest BCUT2D eigenvalue weighted by Gasteiger charge is -2.35. The van der Waals surface area contributed by atoms with E-state index in [1.54, 1.807) is 6.92 Å². The molecule has 70 valence electrons. The number of rotatable bonds is 1. The summed E-state index contributed by atoms with van der Waals surface area (Å²) in [4.78, 5) is 0. The van der Waals surface area contributed by atoms with E-state index in [4.69, 9.17) is 6.42 Å². The van der Waals surface area contributed by atoms with E-state index < -0.39 is 5.60 Å². The topological polar surface area (TPSA) is 20.2 Å². The molecule has 1 N–H and O–H groups in total. The van der Waals surface area contributed by atoms with E-state index in [0.717, 1.165) is 19.3 Å². The highest BCUT2D eigenvalue weighted by Gasteiger charge is 2.36. The van der Waals surface area contributed by atoms with Crippen LogP contribution in [0.25, 0.3) is 0 Å². The fourth-order valence-electron chi connectivity index (χ4n) is 2.02. The molecule has 0 saturated heterocycles. The molecule has 0 heterocycles. The molecule has 0 spiro atoms. The molecule has 0 amide bonds. The third-order valence-corrected chi connectivity index (χ3v) is 2.74. The molecule has 1 saturated carbocycles. The molecule has 1 heteroatoms. The minimum atomic E-state index is -0.806. The van der Waals surface area contributed by atoms with Crippen LogP contribution < -0.4 is 0 Å². The first-order chi connectivity index (χ1) is 6.23. The Morgan fingerprint density at radius 1 is 1.54 bits per heavy atom. The van der Waals surface area contributed by atoms with Gasteiger partial charge in [-0.15, -0.1) is 18.3 Å². The van der Waals surface area contributed by atoms with Gasteiger partial charge in [-0.2, -0.15) is 0 Å². The van der Waals surface area contributed by atoms with Crippen LogP contribution in [-0.4, -0.2) is 10.7 Å². The van der Waals surface area contributed by atoms with Crippen molar-refractivity contribution in [3.05, 3.63) is 0 Å². The Hall–Kier alpha value is -0.920. The maximum Gasteiger partial charge on any atom is 0.129 e. The highest BCUT2D eigenvalue weighted by atomic mass is 16.3. The maximum absolute atomic E-state index is 10.2. The summed E-state index contributed by atoms with van der Waals surface area (Å²) < 4.78 is 0. The second kappa shape index (κ2) is 4.35. The van der Waals surface area contributed by atoms with Crippen molar-refractivity contribution in [2.24, 2.45) is 5.92 Å². The summed E-state index contributed by atoms with van der Waals surface area (Å²) in [5.74, 6) is 8.51. The summed E-state index contributed by atoms with van der Waals surface area (Å²) in [6.45, 7) is 1.76. The first kappa shape index (κ1) is 10.2. The predicted molar refractivity (Wildman–Crippen MR) is 53.8 cm³/mol. The van der Waals surface area contributed by atoms with Crippen LogP contribution in [-0.2, 0) is 0 Å². The second-order valence-electron chi connectivity index (χ2n) is 3.65. The molecule has 0 aliphatic heterocycles.